The van der Waals surface area contributed by atoms with Gasteiger partial charge in [0.25, 0.3) is 0 Å². The predicted molar refractivity (Wildman–Crippen MR) is 71.5 cm³/mol. The highest BCUT2D eigenvalue weighted by Crippen LogP contribution is 2.23. The molecular formula is C15H20O2. The number of allylic oxidation sites excluding steroid dienone is 5. The first kappa shape index (κ1) is 13.4. The Bertz CT molecular complexity index is 364. The molecule has 0 saturated heterocycles. The molecule has 17 heavy (non-hydrogen) atoms. The van der Waals surface area contributed by atoms with E-state index >= 15 is 0 Å². The smallest absolute Gasteiger partial charge is 0.123 e. The van der Waals surface area contributed by atoms with E-state index in [1.807, 2.05) is 26.0 Å². The van der Waals surface area contributed by atoms with Crippen LogP contribution in [0.3, 0.4) is 0 Å². The number of rotatable bonds is 7. The molecule has 0 spiro atoms. The van der Waals surface area contributed by atoms with Crippen LogP contribution in [-0.2, 0) is 9.47 Å². The first-order chi connectivity index (χ1) is 8.19. The second-order valence-electron chi connectivity index (χ2n) is 3.64. The van der Waals surface area contributed by atoms with Gasteiger partial charge in [0, 0.05) is 0 Å². The largest absolute Gasteiger partial charge is 0.494 e. The first-order valence-electron chi connectivity index (χ1n) is 5.90. The van der Waals surface area contributed by atoms with Crippen molar-refractivity contribution in [1.82, 2.24) is 0 Å². The lowest BCUT2D eigenvalue weighted by atomic mass is 10.1. The average molecular weight is 232 g/mol. The van der Waals surface area contributed by atoms with Crippen LogP contribution in [0.15, 0.2) is 60.1 Å². The maximum Gasteiger partial charge on any atom is 0.123 e. The van der Waals surface area contributed by atoms with E-state index in [-0.39, 0.29) is 0 Å². The zero-order valence-electron chi connectivity index (χ0n) is 10.7. The Morgan fingerprint density at radius 2 is 1.82 bits per heavy atom. The van der Waals surface area contributed by atoms with Gasteiger partial charge in [-0.05, 0) is 31.9 Å². The molecule has 1 rings (SSSR count). The van der Waals surface area contributed by atoms with Crippen molar-refractivity contribution >= 4 is 0 Å². The molecule has 1 aliphatic carbocycles. The van der Waals surface area contributed by atoms with Crippen LogP contribution >= 0.6 is 0 Å². The Balaban J connectivity index is 2.85. The third kappa shape index (κ3) is 3.99. The third-order valence-corrected chi connectivity index (χ3v) is 2.37. The Morgan fingerprint density at radius 3 is 2.24 bits per heavy atom. The van der Waals surface area contributed by atoms with E-state index in [0.29, 0.717) is 24.7 Å². The summed E-state index contributed by atoms with van der Waals surface area (Å²) in [6.07, 6.45) is 9.17. The molecule has 2 nitrogen and oxygen atoms in total. The Morgan fingerprint density at radius 1 is 1.24 bits per heavy atom. The van der Waals surface area contributed by atoms with Crippen LogP contribution < -0.4 is 0 Å². The highest BCUT2D eigenvalue weighted by atomic mass is 16.5. The molecule has 0 unspecified atom stereocenters. The van der Waals surface area contributed by atoms with E-state index in [4.69, 9.17) is 9.47 Å². The minimum atomic E-state index is 0.590. The fourth-order valence-electron chi connectivity index (χ4n) is 1.58. The Labute approximate surface area is 104 Å². The minimum absolute atomic E-state index is 0.590. The number of hydrogen-bond acceptors (Lipinski definition) is 2. The van der Waals surface area contributed by atoms with Crippen LogP contribution in [0.4, 0.5) is 0 Å². The molecule has 0 amide bonds. The molecule has 0 saturated carbocycles. The maximum atomic E-state index is 5.43. The predicted octanol–water partition coefficient (Wildman–Crippen LogP) is 3.90. The first-order valence-corrected chi connectivity index (χ1v) is 5.90. The summed E-state index contributed by atoms with van der Waals surface area (Å²) in [7, 11) is 0. The lowest BCUT2D eigenvalue weighted by Crippen LogP contribution is -2.01. The number of ether oxygens (including phenoxy) is 2. The Kier molecular flexibility index (Phi) is 5.34. The molecule has 92 valence electrons. The average Bonchev–Trinajstić information content (AvgIpc) is 2.79. The van der Waals surface area contributed by atoms with Gasteiger partial charge in [-0.2, -0.15) is 0 Å². The molecule has 0 aromatic heterocycles. The summed E-state index contributed by atoms with van der Waals surface area (Å²) in [4.78, 5) is 0. The van der Waals surface area contributed by atoms with Gasteiger partial charge in [-0.3, -0.25) is 0 Å². The molecule has 1 aliphatic rings. The fourth-order valence-corrected chi connectivity index (χ4v) is 1.58. The SMILES string of the molecule is C=C(OCC)C(=CC1=CC=CC1)C(=C)OCC. The van der Waals surface area contributed by atoms with Gasteiger partial charge >= 0.3 is 0 Å². The quantitative estimate of drug-likeness (QED) is 0.489. The van der Waals surface area contributed by atoms with Gasteiger partial charge in [0.15, 0.2) is 0 Å². The standard InChI is InChI=1S/C15H20O2/c1-5-16-12(3)15(13(4)17-6-2)11-14-9-7-8-10-14/h7-9,11H,3-6,10H2,1-2H3. The summed E-state index contributed by atoms with van der Waals surface area (Å²) in [5, 5.41) is 0. The van der Waals surface area contributed by atoms with Crippen LogP contribution in [0, 0.1) is 0 Å². The molecule has 2 heteroatoms. The Hall–Kier alpha value is -1.70. The summed E-state index contributed by atoms with van der Waals surface area (Å²) in [6, 6.07) is 0. The maximum absolute atomic E-state index is 5.43. The second-order valence-corrected chi connectivity index (χ2v) is 3.64. The van der Waals surface area contributed by atoms with E-state index in [1.165, 1.54) is 5.57 Å². The molecule has 0 aliphatic heterocycles. The molecular weight excluding hydrogens is 212 g/mol. The van der Waals surface area contributed by atoms with Gasteiger partial charge in [0.2, 0.25) is 0 Å². The van der Waals surface area contributed by atoms with Crippen LogP contribution in [0.25, 0.3) is 0 Å². The van der Waals surface area contributed by atoms with E-state index < -0.39 is 0 Å². The van der Waals surface area contributed by atoms with Crippen molar-refractivity contribution in [2.24, 2.45) is 0 Å². The topological polar surface area (TPSA) is 18.5 Å². The highest BCUT2D eigenvalue weighted by molar-refractivity contribution is 5.45. The van der Waals surface area contributed by atoms with Crippen molar-refractivity contribution in [3.05, 3.63) is 60.1 Å². The molecule has 0 aromatic carbocycles. The van der Waals surface area contributed by atoms with Gasteiger partial charge in [-0.15, -0.1) is 0 Å². The van der Waals surface area contributed by atoms with E-state index in [2.05, 4.69) is 25.3 Å². The zero-order valence-corrected chi connectivity index (χ0v) is 10.7. The van der Waals surface area contributed by atoms with Crippen molar-refractivity contribution in [2.75, 3.05) is 13.2 Å². The van der Waals surface area contributed by atoms with Gasteiger partial charge < -0.3 is 9.47 Å². The van der Waals surface area contributed by atoms with E-state index in [1.54, 1.807) is 0 Å². The fraction of sp³-hybridized carbons (Fsp3) is 0.333. The van der Waals surface area contributed by atoms with Gasteiger partial charge in [0.05, 0.1) is 18.8 Å². The summed E-state index contributed by atoms with van der Waals surface area (Å²) < 4.78 is 10.9. The normalized spacial score (nSPS) is 12.9. The van der Waals surface area contributed by atoms with Crippen LogP contribution in [-0.4, -0.2) is 13.2 Å². The van der Waals surface area contributed by atoms with Gasteiger partial charge in [-0.25, -0.2) is 0 Å². The summed E-state index contributed by atoms with van der Waals surface area (Å²) in [5.41, 5.74) is 2.05. The lowest BCUT2D eigenvalue weighted by Gasteiger charge is -2.14. The van der Waals surface area contributed by atoms with E-state index in [0.717, 1.165) is 12.0 Å². The molecule has 0 radical (unpaired) electrons. The number of hydrogen-bond donors (Lipinski definition) is 0. The van der Waals surface area contributed by atoms with Crippen molar-refractivity contribution < 1.29 is 9.47 Å². The van der Waals surface area contributed by atoms with Crippen LogP contribution in [0.1, 0.15) is 20.3 Å². The summed E-state index contributed by atoms with van der Waals surface area (Å²) in [5.74, 6) is 1.22. The third-order valence-electron chi connectivity index (χ3n) is 2.37. The highest BCUT2D eigenvalue weighted by Gasteiger charge is 2.10. The van der Waals surface area contributed by atoms with Crippen molar-refractivity contribution in [1.29, 1.82) is 0 Å². The van der Waals surface area contributed by atoms with Gasteiger partial charge in [-0.1, -0.05) is 31.4 Å². The van der Waals surface area contributed by atoms with Crippen molar-refractivity contribution in [3.8, 4) is 0 Å². The molecule has 0 atom stereocenters. The lowest BCUT2D eigenvalue weighted by molar-refractivity contribution is 0.213. The molecule has 0 aromatic rings. The van der Waals surface area contributed by atoms with Crippen molar-refractivity contribution in [3.63, 3.8) is 0 Å². The second kappa shape index (κ2) is 6.79. The van der Waals surface area contributed by atoms with Gasteiger partial charge in [0.1, 0.15) is 11.5 Å². The summed E-state index contributed by atoms with van der Waals surface area (Å²) in [6.45, 7) is 12.9. The molecule has 0 heterocycles. The zero-order chi connectivity index (χ0) is 12.7. The van der Waals surface area contributed by atoms with Crippen molar-refractivity contribution in [2.45, 2.75) is 20.3 Å². The minimum Gasteiger partial charge on any atom is -0.494 e. The monoisotopic (exact) mass is 232 g/mol. The summed E-state index contributed by atoms with van der Waals surface area (Å²) >= 11 is 0. The molecule has 0 N–H and O–H groups in total. The van der Waals surface area contributed by atoms with Crippen LogP contribution in [0.2, 0.25) is 0 Å². The van der Waals surface area contributed by atoms with Crippen LogP contribution in [0.5, 0.6) is 0 Å². The molecule has 0 bridgehead atoms. The molecule has 0 fully saturated rings. The van der Waals surface area contributed by atoms with E-state index in [9.17, 15) is 0 Å².